The number of carbonyl (C=O) groups is 1. The monoisotopic (exact) mass is 408 g/mol. The number of aromatic nitrogens is 3. The van der Waals surface area contributed by atoms with Gasteiger partial charge in [-0.05, 0) is 43.3 Å². The number of benzene rings is 2. The maximum atomic E-state index is 12.4. The highest BCUT2D eigenvalue weighted by Crippen LogP contribution is 2.26. The summed E-state index contributed by atoms with van der Waals surface area (Å²) < 4.78 is 42.1. The summed E-state index contributed by atoms with van der Waals surface area (Å²) in [6, 6.07) is 14.4. The summed E-state index contributed by atoms with van der Waals surface area (Å²) in [7, 11) is 0. The molecule has 2 aromatic carbocycles. The number of nitrogens with zero attached hydrogens (tertiary/aromatic N) is 3. The van der Waals surface area contributed by atoms with Crippen LogP contribution < -0.4 is 10.1 Å². The van der Waals surface area contributed by atoms with Crippen LogP contribution in [0, 0.1) is 0 Å². The number of carbonyl (C=O) groups excluding carboxylic acids is 1. The summed E-state index contributed by atoms with van der Waals surface area (Å²) in [5, 5.41) is 10.6. The number of para-hydroxylation sites is 1. The molecule has 1 unspecified atom stereocenters. The van der Waals surface area contributed by atoms with Gasteiger partial charge in [0.05, 0.1) is 5.25 Å². The molecule has 0 radical (unpaired) electrons. The van der Waals surface area contributed by atoms with Gasteiger partial charge in [0.25, 0.3) is 0 Å². The lowest BCUT2D eigenvalue weighted by atomic mass is 10.3. The predicted molar refractivity (Wildman–Crippen MR) is 98.4 cm³/mol. The number of anilines is 1. The topological polar surface area (TPSA) is 69.0 Å². The van der Waals surface area contributed by atoms with Gasteiger partial charge in [-0.2, -0.15) is 0 Å². The molecule has 3 rings (SSSR count). The van der Waals surface area contributed by atoms with Gasteiger partial charge < -0.3 is 10.1 Å². The Labute approximate surface area is 162 Å². The molecule has 3 aromatic rings. The number of hydrogen-bond donors (Lipinski definition) is 1. The van der Waals surface area contributed by atoms with Crippen LogP contribution in [0.2, 0.25) is 0 Å². The Morgan fingerprint density at radius 3 is 2.46 bits per heavy atom. The smallest absolute Gasteiger partial charge is 0.406 e. The Bertz CT molecular complexity index is 930. The van der Waals surface area contributed by atoms with Gasteiger partial charge in [0.1, 0.15) is 12.1 Å². The van der Waals surface area contributed by atoms with Gasteiger partial charge in [0.2, 0.25) is 5.91 Å². The summed E-state index contributed by atoms with van der Waals surface area (Å²) in [5.41, 5.74) is 1.22. The molecule has 1 atom stereocenters. The van der Waals surface area contributed by atoms with E-state index < -0.39 is 11.6 Å². The largest absolute Gasteiger partial charge is 0.573 e. The van der Waals surface area contributed by atoms with Crippen molar-refractivity contribution < 1.29 is 22.7 Å². The Balaban J connectivity index is 1.62. The molecule has 1 aromatic heterocycles. The third kappa shape index (κ3) is 5.26. The van der Waals surface area contributed by atoms with Crippen molar-refractivity contribution in [3.8, 4) is 11.4 Å². The minimum atomic E-state index is -4.76. The highest BCUT2D eigenvalue weighted by molar-refractivity contribution is 8.00. The fourth-order valence-electron chi connectivity index (χ4n) is 2.27. The molecule has 0 aliphatic rings. The van der Waals surface area contributed by atoms with E-state index in [0.717, 1.165) is 17.8 Å². The van der Waals surface area contributed by atoms with E-state index in [0.29, 0.717) is 10.8 Å². The van der Waals surface area contributed by atoms with Crippen molar-refractivity contribution in [2.24, 2.45) is 0 Å². The fraction of sp³-hybridized carbons (Fsp3) is 0.167. The fourth-order valence-corrected chi connectivity index (χ4v) is 3.11. The molecule has 10 heteroatoms. The zero-order valence-electron chi connectivity index (χ0n) is 14.6. The van der Waals surface area contributed by atoms with Gasteiger partial charge in [-0.25, -0.2) is 0 Å². The third-order valence-electron chi connectivity index (χ3n) is 3.56. The van der Waals surface area contributed by atoms with Crippen LogP contribution in [0.1, 0.15) is 6.92 Å². The van der Waals surface area contributed by atoms with Crippen LogP contribution in [0.25, 0.3) is 5.69 Å². The number of halogens is 3. The van der Waals surface area contributed by atoms with Gasteiger partial charge in [-0.1, -0.05) is 30.0 Å². The van der Waals surface area contributed by atoms with Crippen molar-refractivity contribution in [1.82, 2.24) is 14.8 Å². The van der Waals surface area contributed by atoms with E-state index in [4.69, 9.17) is 0 Å². The van der Waals surface area contributed by atoms with Crippen LogP contribution in [0.4, 0.5) is 18.9 Å². The molecular formula is C18H15F3N4O2S. The van der Waals surface area contributed by atoms with Crippen molar-refractivity contribution in [3.05, 3.63) is 60.9 Å². The Hall–Kier alpha value is -3.01. The molecule has 0 aliphatic heterocycles. The number of rotatable bonds is 6. The second kappa shape index (κ2) is 8.34. The SMILES string of the molecule is CC(Sc1nncn1-c1ccccc1)C(=O)Nc1ccc(OC(F)(F)F)cc1. The lowest BCUT2D eigenvalue weighted by Crippen LogP contribution is -2.23. The van der Waals surface area contributed by atoms with Crippen LogP contribution in [0.3, 0.4) is 0 Å². The first-order valence-corrected chi connectivity index (χ1v) is 8.98. The molecule has 1 heterocycles. The molecule has 0 spiro atoms. The molecule has 1 amide bonds. The van der Waals surface area contributed by atoms with Crippen LogP contribution in [0.5, 0.6) is 5.75 Å². The van der Waals surface area contributed by atoms with Crippen molar-refractivity contribution in [1.29, 1.82) is 0 Å². The summed E-state index contributed by atoms with van der Waals surface area (Å²) >= 11 is 1.21. The van der Waals surface area contributed by atoms with E-state index >= 15 is 0 Å². The molecule has 1 N–H and O–H groups in total. The van der Waals surface area contributed by atoms with Gasteiger partial charge in [-0.15, -0.1) is 23.4 Å². The van der Waals surface area contributed by atoms with Crippen LogP contribution in [-0.4, -0.2) is 32.3 Å². The van der Waals surface area contributed by atoms with Crippen LogP contribution >= 0.6 is 11.8 Å². The number of thioether (sulfide) groups is 1. The number of alkyl halides is 3. The summed E-state index contributed by atoms with van der Waals surface area (Å²) in [6.07, 6.45) is -3.20. The minimum Gasteiger partial charge on any atom is -0.406 e. The third-order valence-corrected chi connectivity index (χ3v) is 4.61. The van der Waals surface area contributed by atoms with Gasteiger partial charge in [0.15, 0.2) is 5.16 Å². The Morgan fingerprint density at radius 2 is 1.82 bits per heavy atom. The standard InChI is InChI=1S/C18H15F3N4O2S/c1-12(28-17-24-22-11-25(17)14-5-3-2-4-6-14)16(26)23-13-7-9-15(10-8-13)27-18(19,20)21/h2-12H,1H3,(H,23,26). The Morgan fingerprint density at radius 1 is 1.14 bits per heavy atom. The second-order valence-corrected chi connectivity index (χ2v) is 6.95. The molecule has 0 saturated heterocycles. The first kappa shape index (κ1) is 19.7. The Kier molecular flexibility index (Phi) is 5.88. The number of hydrogen-bond acceptors (Lipinski definition) is 5. The van der Waals surface area contributed by atoms with E-state index in [1.165, 1.54) is 23.9 Å². The maximum Gasteiger partial charge on any atom is 0.573 e. The van der Waals surface area contributed by atoms with E-state index in [9.17, 15) is 18.0 Å². The highest BCUT2D eigenvalue weighted by Gasteiger charge is 2.31. The summed E-state index contributed by atoms with van der Waals surface area (Å²) in [5.74, 6) is -0.680. The molecule has 6 nitrogen and oxygen atoms in total. The second-order valence-electron chi connectivity index (χ2n) is 5.64. The summed E-state index contributed by atoms with van der Waals surface area (Å²) in [6.45, 7) is 1.70. The average Bonchev–Trinajstić information content (AvgIpc) is 3.11. The van der Waals surface area contributed by atoms with E-state index in [1.54, 1.807) is 17.8 Å². The molecular weight excluding hydrogens is 393 g/mol. The van der Waals surface area contributed by atoms with Gasteiger partial charge in [0, 0.05) is 11.4 Å². The highest BCUT2D eigenvalue weighted by atomic mass is 32.2. The first-order valence-electron chi connectivity index (χ1n) is 8.10. The number of amides is 1. The minimum absolute atomic E-state index is 0.322. The van der Waals surface area contributed by atoms with Crippen molar-refractivity contribution in [2.45, 2.75) is 23.7 Å². The zero-order chi connectivity index (χ0) is 20.1. The van der Waals surface area contributed by atoms with Gasteiger partial charge >= 0.3 is 6.36 Å². The van der Waals surface area contributed by atoms with Crippen LogP contribution in [0.15, 0.2) is 66.1 Å². The average molecular weight is 408 g/mol. The van der Waals surface area contributed by atoms with Crippen molar-refractivity contribution in [3.63, 3.8) is 0 Å². The van der Waals surface area contributed by atoms with Crippen LogP contribution in [-0.2, 0) is 4.79 Å². The lowest BCUT2D eigenvalue weighted by molar-refractivity contribution is -0.274. The number of ether oxygens (including phenoxy) is 1. The maximum absolute atomic E-state index is 12.4. The lowest BCUT2D eigenvalue weighted by Gasteiger charge is -2.13. The molecule has 146 valence electrons. The molecule has 0 saturated carbocycles. The van der Waals surface area contributed by atoms with Crippen molar-refractivity contribution in [2.75, 3.05) is 5.32 Å². The van der Waals surface area contributed by atoms with E-state index in [-0.39, 0.29) is 11.7 Å². The van der Waals surface area contributed by atoms with E-state index in [2.05, 4.69) is 20.3 Å². The quantitative estimate of drug-likeness (QED) is 0.617. The molecule has 28 heavy (non-hydrogen) atoms. The predicted octanol–water partition coefficient (Wildman–Crippen LogP) is 4.29. The van der Waals surface area contributed by atoms with Gasteiger partial charge in [-0.3, -0.25) is 9.36 Å². The zero-order valence-corrected chi connectivity index (χ0v) is 15.4. The molecule has 0 fully saturated rings. The van der Waals surface area contributed by atoms with Crippen molar-refractivity contribution >= 4 is 23.4 Å². The normalized spacial score (nSPS) is 12.4. The summed E-state index contributed by atoms with van der Waals surface area (Å²) in [4.78, 5) is 12.4. The molecule has 0 bridgehead atoms. The first-order chi connectivity index (χ1) is 13.3. The van der Waals surface area contributed by atoms with E-state index in [1.807, 2.05) is 30.3 Å². The number of nitrogens with one attached hydrogen (secondary N) is 1. The molecule has 0 aliphatic carbocycles.